The Balaban J connectivity index is 1.68. The summed E-state index contributed by atoms with van der Waals surface area (Å²) in [6.45, 7) is 1.87. The number of nitrogens with zero attached hydrogens (tertiary/aromatic N) is 2. The van der Waals surface area contributed by atoms with E-state index in [1.165, 1.54) is 6.07 Å². The van der Waals surface area contributed by atoms with Crippen molar-refractivity contribution in [1.29, 1.82) is 0 Å². The number of ether oxygens (including phenoxy) is 2. The summed E-state index contributed by atoms with van der Waals surface area (Å²) in [4.78, 5) is 40.2. The summed E-state index contributed by atoms with van der Waals surface area (Å²) < 4.78 is 25.7. The maximum Gasteiger partial charge on any atom is 0.259 e. The van der Waals surface area contributed by atoms with Gasteiger partial charge in [0, 0.05) is 37.8 Å². The van der Waals surface area contributed by atoms with Crippen LogP contribution in [0.5, 0.6) is 23.0 Å². The minimum atomic E-state index is -3.27. The van der Waals surface area contributed by atoms with Crippen LogP contribution in [0, 0.1) is 5.82 Å². The maximum atomic E-state index is 14.7. The second kappa shape index (κ2) is 11.8. The van der Waals surface area contributed by atoms with Crippen LogP contribution in [-0.2, 0) is 34.0 Å². The van der Waals surface area contributed by atoms with Gasteiger partial charge in [-0.25, -0.2) is 4.39 Å². The number of benzene rings is 2. The number of morpholine rings is 1. The number of aldehydes is 1. The van der Waals surface area contributed by atoms with Gasteiger partial charge in [-0.1, -0.05) is 6.07 Å². The zero-order chi connectivity index (χ0) is 31.0. The van der Waals surface area contributed by atoms with E-state index in [1.54, 1.807) is 12.1 Å². The molecule has 1 fully saturated rings. The van der Waals surface area contributed by atoms with E-state index in [9.17, 15) is 44.3 Å². The van der Waals surface area contributed by atoms with Crippen molar-refractivity contribution in [2.45, 2.75) is 36.7 Å². The lowest BCUT2D eigenvalue weighted by molar-refractivity contribution is -0.146. The number of aliphatic hydroxyl groups is 2. The summed E-state index contributed by atoms with van der Waals surface area (Å²) in [7, 11) is 12.2. The van der Waals surface area contributed by atoms with Gasteiger partial charge in [0.15, 0.2) is 11.5 Å². The van der Waals surface area contributed by atoms with E-state index in [0.717, 1.165) is 12.6 Å². The van der Waals surface area contributed by atoms with Gasteiger partial charge >= 0.3 is 0 Å². The number of halogens is 1. The van der Waals surface area contributed by atoms with Gasteiger partial charge in [-0.3, -0.25) is 14.5 Å². The minimum absolute atomic E-state index is 0.0707. The highest BCUT2D eigenvalue weighted by atomic mass is 19.1. The van der Waals surface area contributed by atoms with Crippen molar-refractivity contribution in [3.8, 4) is 23.0 Å². The number of phenols is 3. The molecule has 0 bridgehead atoms. The van der Waals surface area contributed by atoms with Gasteiger partial charge in [-0.15, -0.1) is 0 Å². The molecule has 4 radical (unpaired) electrons. The first-order valence-electron chi connectivity index (χ1n) is 12.8. The topological polar surface area (TPSA) is 189 Å². The Bertz CT molecular complexity index is 1400. The van der Waals surface area contributed by atoms with Gasteiger partial charge in [0.05, 0.1) is 36.3 Å². The molecule has 42 heavy (non-hydrogen) atoms. The zero-order valence-corrected chi connectivity index (χ0v) is 22.5. The summed E-state index contributed by atoms with van der Waals surface area (Å²) in [5, 5.41) is 54.6. The fourth-order valence-electron chi connectivity index (χ4n) is 4.90. The lowest BCUT2D eigenvalue weighted by Crippen LogP contribution is -2.71. The number of aromatic hydroxyl groups is 3. The largest absolute Gasteiger partial charge is 0.504 e. The first kappa shape index (κ1) is 31.1. The number of carbonyl (C=O) groups is 3. The third-order valence-electron chi connectivity index (χ3n) is 7.32. The average molecular weight is 583 g/mol. The Hall–Kier alpha value is -3.85. The summed E-state index contributed by atoms with van der Waals surface area (Å²) in [6, 6.07) is 2.18. The lowest BCUT2D eigenvalue weighted by Gasteiger charge is -2.44. The summed E-state index contributed by atoms with van der Waals surface area (Å²) in [5.41, 5.74) is -6.57. The van der Waals surface area contributed by atoms with Crippen LogP contribution in [0.1, 0.15) is 27.0 Å². The lowest BCUT2D eigenvalue weighted by atomic mass is 9.55. The number of hydrogen-bond acceptors (Lipinski definition) is 11. The van der Waals surface area contributed by atoms with Gasteiger partial charge in [-0.2, -0.15) is 0 Å². The molecule has 0 aliphatic carbocycles. The number of phenolic OH excluding ortho intramolecular Hbond substituents is 3. The highest BCUT2D eigenvalue weighted by Gasteiger charge is 2.55. The molecule has 4 rings (SSSR count). The maximum absolute atomic E-state index is 14.7. The highest BCUT2D eigenvalue weighted by molar-refractivity contribution is 6.33. The van der Waals surface area contributed by atoms with Gasteiger partial charge in [-0.05, 0) is 17.7 Å². The molecule has 220 valence electrons. The molecule has 3 atom stereocenters. The molecule has 2 heterocycles. The van der Waals surface area contributed by atoms with Crippen LogP contribution in [0.2, 0.25) is 0 Å². The van der Waals surface area contributed by atoms with Crippen molar-refractivity contribution >= 4 is 33.8 Å². The van der Waals surface area contributed by atoms with Gasteiger partial charge in [0.25, 0.3) is 5.91 Å². The number of rotatable bonds is 10. The van der Waals surface area contributed by atoms with E-state index >= 15 is 0 Å². The number of fused-ring (bicyclic) bond motifs is 1. The van der Waals surface area contributed by atoms with Crippen LogP contribution in [0.25, 0.3) is 0 Å². The third kappa shape index (κ3) is 5.50. The van der Waals surface area contributed by atoms with E-state index in [4.69, 9.17) is 25.2 Å². The van der Waals surface area contributed by atoms with Crippen LogP contribution >= 0.6 is 0 Å². The standard InChI is InChI=1S/C26H28B2FN3O10/c1-30-23(37)22(26(28,40)25(27,39)12-33)32-10-15-17(24(32)38)18(34)19(35)20(36)21(15)42-11-14-8-13(2-3-16(14)29)9-31-4-6-41-7-5-31/h2-3,8,12,22,34-36,39-40H,4-7,9-11H2,1H3,(H,30,37). The molecular weight excluding hydrogens is 555 g/mol. The van der Waals surface area contributed by atoms with Gasteiger partial charge < -0.3 is 50.0 Å². The smallest absolute Gasteiger partial charge is 0.259 e. The number of likely N-dealkylation sites (N-methyl/N-ethyl adjacent to an activating group) is 1. The second-order valence-corrected chi connectivity index (χ2v) is 10.0. The molecule has 2 aliphatic heterocycles. The minimum Gasteiger partial charge on any atom is -0.504 e. The molecule has 3 unspecified atom stereocenters. The van der Waals surface area contributed by atoms with E-state index in [1.807, 2.05) is 0 Å². The van der Waals surface area contributed by atoms with Crippen molar-refractivity contribution < 1.29 is 53.8 Å². The van der Waals surface area contributed by atoms with Crippen LogP contribution in [-0.4, -0.2) is 120 Å². The van der Waals surface area contributed by atoms with Crippen molar-refractivity contribution in [1.82, 2.24) is 15.1 Å². The molecule has 2 aliphatic rings. The molecule has 1 saturated heterocycles. The molecular formula is C26H28B2FN3O10. The van der Waals surface area contributed by atoms with Crippen LogP contribution in [0.15, 0.2) is 18.2 Å². The first-order chi connectivity index (χ1) is 19.7. The highest BCUT2D eigenvalue weighted by Crippen LogP contribution is 2.51. The molecule has 2 amide bonds. The second-order valence-electron chi connectivity index (χ2n) is 10.0. The fraction of sp³-hybridized carbons (Fsp3) is 0.423. The Kier molecular flexibility index (Phi) is 8.73. The summed E-state index contributed by atoms with van der Waals surface area (Å²) in [6.07, 6.45) is -0.331. The average Bonchev–Trinajstić information content (AvgIpc) is 3.29. The molecule has 16 heteroatoms. The van der Waals surface area contributed by atoms with Gasteiger partial charge in [0.1, 0.15) is 40.4 Å². The normalized spacial score (nSPS) is 19.0. The molecule has 0 aromatic heterocycles. The summed E-state index contributed by atoms with van der Waals surface area (Å²) >= 11 is 0. The van der Waals surface area contributed by atoms with Crippen molar-refractivity contribution in [2.75, 3.05) is 33.4 Å². The van der Waals surface area contributed by atoms with E-state index in [-0.39, 0.29) is 17.4 Å². The Labute approximate surface area is 242 Å². The Morgan fingerprint density at radius 3 is 2.48 bits per heavy atom. The molecule has 2 aromatic carbocycles. The van der Waals surface area contributed by atoms with Crippen LogP contribution < -0.4 is 10.1 Å². The van der Waals surface area contributed by atoms with Crippen LogP contribution in [0.3, 0.4) is 0 Å². The monoisotopic (exact) mass is 583 g/mol. The van der Waals surface area contributed by atoms with E-state index < -0.39 is 76.4 Å². The SMILES string of the molecule is [B]C(O)(C=O)C([B])(O)C(C(=O)NC)N1Cc2c(OCc3cc(CN4CCOCC4)ccc3F)c(O)c(O)c(O)c2C1=O. The quantitative estimate of drug-likeness (QED) is 0.107. The zero-order valence-electron chi connectivity index (χ0n) is 22.5. The fourth-order valence-corrected chi connectivity index (χ4v) is 4.90. The first-order valence-corrected chi connectivity index (χ1v) is 12.8. The Morgan fingerprint density at radius 1 is 1.19 bits per heavy atom. The molecule has 6 N–H and O–H groups in total. The van der Waals surface area contributed by atoms with Crippen LogP contribution in [0.4, 0.5) is 4.39 Å². The number of carbonyl (C=O) groups excluding carboxylic acids is 3. The van der Waals surface area contributed by atoms with Gasteiger partial charge in [0.2, 0.25) is 17.4 Å². The molecule has 2 aromatic rings. The number of amides is 2. The van der Waals surface area contributed by atoms with Crippen molar-refractivity contribution in [2.24, 2.45) is 0 Å². The molecule has 13 nitrogen and oxygen atoms in total. The Morgan fingerprint density at radius 2 is 1.86 bits per heavy atom. The van der Waals surface area contributed by atoms with E-state index in [2.05, 4.69) is 10.2 Å². The number of hydrogen-bond donors (Lipinski definition) is 6. The third-order valence-corrected chi connectivity index (χ3v) is 7.32. The number of nitrogens with one attached hydrogen (secondary N) is 1. The van der Waals surface area contributed by atoms with E-state index in [0.29, 0.717) is 37.7 Å². The predicted molar refractivity (Wildman–Crippen MR) is 143 cm³/mol. The molecule has 0 saturated carbocycles. The molecule has 0 spiro atoms. The van der Waals surface area contributed by atoms with Crippen molar-refractivity contribution in [3.05, 3.63) is 46.3 Å². The predicted octanol–water partition coefficient (Wildman–Crippen LogP) is -1.66. The van der Waals surface area contributed by atoms with Crippen molar-refractivity contribution in [3.63, 3.8) is 0 Å². The summed E-state index contributed by atoms with van der Waals surface area (Å²) in [5.74, 6) is -6.78.